The van der Waals surface area contributed by atoms with Gasteiger partial charge in [0.1, 0.15) is 6.04 Å². The van der Waals surface area contributed by atoms with E-state index in [9.17, 15) is 22.8 Å². The van der Waals surface area contributed by atoms with E-state index >= 15 is 0 Å². The smallest absolute Gasteiger partial charge is 0.339 e. The molecular weight excluding hydrogens is 215 g/mol. The van der Waals surface area contributed by atoms with Crippen LogP contribution in [0.5, 0.6) is 0 Å². The van der Waals surface area contributed by atoms with Crippen LogP contribution in [0.4, 0.5) is 13.2 Å². The normalized spacial score (nSPS) is 19.3. The summed E-state index contributed by atoms with van der Waals surface area (Å²) in [5, 5.41) is 9.74. The molecule has 0 aromatic rings. The lowest BCUT2D eigenvalue weighted by atomic mass is 10.5. The summed E-state index contributed by atoms with van der Waals surface area (Å²) in [4.78, 5) is 22.4. The van der Waals surface area contributed by atoms with Crippen molar-refractivity contribution in [1.29, 1.82) is 5.26 Å². The zero-order valence-electron chi connectivity index (χ0n) is 7.34. The van der Waals surface area contributed by atoms with Crippen LogP contribution >= 0.6 is 0 Å². The first kappa shape index (κ1) is 11.3. The van der Waals surface area contributed by atoms with Gasteiger partial charge in [0.05, 0.1) is 19.2 Å². The van der Waals surface area contributed by atoms with E-state index in [4.69, 9.17) is 5.26 Å². The van der Waals surface area contributed by atoms with E-state index in [2.05, 4.69) is 0 Å². The van der Waals surface area contributed by atoms with E-state index in [-0.39, 0.29) is 6.54 Å². The topological polar surface area (TPSA) is 73.0 Å². The molecule has 0 aromatic heterocycles. The number of halogens is 3. The molecule has 0 saturated carbocycles. The maximum atomic E-state index is 11.7. The summed E-state index contributed by atoms with van der Waals surface area (Å²) >= 11 is 0. The lowest BCUT2D eigenvalue weighted by Crippen LogP contribution is -2.41. The number of nitrogens with one attached hydrogen (secondary N) is 1. The first-order valence-corrected chi connectivity index (χ1v) is 3.90. The lowest BCUT2D eigenvalue weighted by Gasteiger charge is -2.07. The number of nitriles is 1. The Morgan fingerprint density at radius 2 is 2.13 bits per heavy atom. The Balaban J connectivity index is 2.31. The molecule has 0 aromatic carbocycles. The fraction of sp³-hybridized carbons (Fsp3) is 0.571. The molecule has 1 unspecified atom stereocenters. The number of alkyl halides is 3. The van der Waals surface area contributed by atoms with Gasteiger partial charge in [0.2, 0.25) is 5.91 Å². The van der Waals surface area contributed by atoms with Crippen molar-refractivity contribution in [3.63, 3.8) is 0 Å². The van der Waals surface area contributed by atoms with Crippen molar-refractivity contribution in [3.8, 4) is 6.07 Å². The molecule has 15 heavy (non-hydrogen) atoms. The van der Waals surface area contributed by atoms with Crippen molar-refractivity contribution in [2.75, 3.05) is 13.1 Å². The Morgan fingerprint density at radius 3 is 2.53 bits per heavy atom. The summed E-state index contributed by atoms with van der Waals surface area (Å²) in [6.45, 7) is -0.534. The second-order valence-corrected chi connectivity index (χ2v) is 2.87. The predicted molar refractivity (Wildman–Crippen MR) is 40.2 cm³/mol. The van der Waals surface area contributed by atoms with Gasteiger partial charge in [-0.05, 0) is 0 Å². The SMILES string of the molecule is N#CC1CN1C(=O)CNC(=O)C(F)(F)F. The molecule has 1 N–H and O–H groups in total. The summed E-state index contributed by atoms with van der Waals surface area (Å²) < 4.78 is 35.0. The van der Waals surface area contributed by atoms with Crippen molar-refractivity contribution in [2.45, 2.75) is 12.2 Å². The largest absolute Gasteiger partial charge is 0.471 e. The van der Waals surface area contributed by atoms with Gasteiger partial charge in [0, 0.05) is 0 Å². The van der Waals surface area contributed by atoms with Crippen LogP contribution in [0, 0.1) is 11.3 Å². The van der Waals surface area contributed by atoms with Crippen LogP contribution < -0.4 is 5.32 Å². The molecule has 1 aliphatic heterocycles. The average molecular weight is 221 g/mol. The molecular formula is C7H6F3N3O2. The third kappa shape index (κ3) is 2.83. The van der Waals surface area contributed by atoms with Gasteiger partial charge in [-0.1, -0.05) is 0 Å². The van der Waals surface area contributed by atoms with Gasteiger partial charge < -0.3 is 10.2 Å². The van der Waals surface area contributed by atoms with Gasteiger partial charge in [-0.3, -0.25) is 9.59 Å². The summed E-state index contributed by atoms with van der Waals surface area (Å²) in [7, 11) is 0. The maximum absolute atomic E-state index is 11.7. The Morgan fingerprint density at radius 1 is 1.53 bits per heavy atom. The first-order valence-electron chi connectivity index (χ1n) is 3.90. The van der Waals surface area contributed by atoms with E-state index in [1.54, 1.807) is 6.07 Å². The zero-order chi connectivity index (χ0) is 11.6. The summed E-state index contributed by atoms with van der Waals surface area (Å²) in [6, 6.07) is 1.19. The molecule has 0 aliphatic carbocycles. The molecule has 0 spiro atoms. The fourth-order valence-corrected chi connectivity index (χ4v) is 0.883. The van der Waals surface area contributed by atoms with E-state index in [0.29, 0.717) is 0 Å². The van der Waals surface area contributed by atoms with Crippen LogP contribution in [0.3, 0.4) is 0 Å². The van der Waals surface area contributed by atoms with Crippen molar-refractivity contribution in [1.82, 2.24) is 10.2 Å². The highest BCUT2D eigenvalue weighted by Gasteiger charge is 2.41. The van der Waals surface area contributed by atoms with Crippen molar-refractivity contribution in [2.24, 2.45) is 0 Å². The van der Waals surface area contributed by atoms with Crippen molar-refractivity contribution in [3.05, 3.63) is 0 Å². The summed E-state index contributed by atoms with van der Waals surface area (Å²) in [5.74, 6) is -2.86. The third-order valence-corrected chi connectivity index (χ3v) is 1.74. The molecule has 1 aliphatic rings. The van der Waals surface area contributed by atoms with E-state index < -0.39 is 30.6 Å². The second kappa shape index (κ2) is 3.76. The highest BCUT2D eigenvalue weighted by Crippen LogP contribution is 2.16. The molecule has 1 fully saturated rings. The number of carbonyl (C=O) groups excluding carboxylic acids is 2. The Labute approximate surface area is 82.4 Å². The molecule has 82 valence electrons. The molecule has 0 radical (unpaired) electrons. The highest BCUT2D eigenvalue weighted by atomic mass is 19.4. The van der Waals surface area contributed by atoms with Gasteiger partial charge in [-0.2, -0.15) is 18.4 Å². The number of hydrogen-bond donors (Lipinski definition) is 1. The van der Waals surface area contributed by atoms with Gasteiger partial charge in [0.15, 0.2) is 0 Å². The van der Waals surface area contributed by atoms with Crippen molar-refractivity contribution >= 4 is 11.8 Å². The molecule has 8 heteroatoms. The minimum Gasteiger partial charge on any atom is -0.339 e. The number of carbonyl (C=O) groups is 2. The standard InChI is InChI=1S/C7H6F3N3O2/c8-7(9,10)6(15)12-2-5(14)13-3-4(13)1-11/h4H,2-3H2,(H,12,15). The molecule has 1 saturated heterocycles. The van der Waals surface area contributed by atoms with E-state index in [1.165, 1.54) is 5.32 Å². The van der Waals surface area contributed by atoms with E-state index in [0.717, 1.165) is 4.90 Å². The van der Waals surface area contributed by atoms with Crippen LogP contribution in [0.25, 0.3) is 0 Å². The lowest BCUT2D eigenvalue weighted by molar-refractivity contribution is -0.173. The number of hydrogen-bond acceptors (Lipinski definition) is 3. The molecule has 2 amide bonds. The molecule has 0 bridgehead atoms. The predicted octanol–water partition coefficient (Wildman–Crippen LogP) is -0.601. The van der Waals surface area contributed by atoms with Gasteiger partial charge in [0.25, 0.3) is 0 Å². The van der Waals surface area contributed by atoms with Gasteiger partial charge >= 0.3 is 12.1 Å². The second-order valence-electron chi connectivity index (χ2n) is 2.87. The van der Waals surface area contributed by atoms with Crippen LogP contribution in [0.2, 0.25) is 0 Å². The van der Waals surface area contributed by atoms with Crippen LogP contribution in [-0.2, 0) is 9.59 Å². The zero-order valence-corrected chi connectivity index (χ0v) is 7.34. The van der Waals surface area contributed by atoms with Crippen LogP contribution in [0.15, 0.2) is 0 Å². The Kier molecular flexibility index (Phi) is 2.83. The Bertz CT molecular complexity index is 333. The number of nitrogens with zero attached hydrogens (tertiary/aromatic N) is 2. The first-order chi connectivity index (χ1) is 6.86. The van der Waals surface area contributed by atoms with Crippen molar-refractivity contribution < 1.29 is 22.8 Å². The number of rotatable bonds is 2. The average Bonchev–Trinajstić information content (AvgIpc) is 2.90. The van der Waals surface area contributed by atoms with Gasteiger partial charge in [-0.25, -0.2) is 0 Å². The van der Waals surface area contributed by atoms with Crippen LogP contribution in [0.1, 0.15) is 0 Å². The molecule has 1 rings (SSSR count). The minimum absolute atomic E-state index is 0.206. The molecule has 1 heterocycles. The maximum Gasteiger partial charge on any atom is 0.471 e. The highest BCUT2D eigenvalue weighted by molar-refractivity contribution is 5.88. The minimum atomic E-state index is -4.99. The van der Waals surface area contributed by atoms with Gasteiger partial charge in [-0.15, -0.1) is 0 Å². The monoisotopic (exact) mass is 221 g/mol. The fourth-order valence-electron chi connectivity index (χ4n) is 0.883. The van der Waals surface area contributed by atoms with Crippen LogP contribution in [-0.4, -0.2) is 42.0 Å². The third-order valence-electron chi connectivity index (χ3n) is 1.74. The molecule has 5 nitrogen and oxygen atoms in total. The Hall–Kier alpha value is -1.78. The summed E-state index contributed by atoms with van der Waals surface area (Å²) in [6.07, 6.45) is -4.99. The quantitative estimate of drug-likeness (QED) is 0.633. The summed E-state index contributed by atoms with van der Waals surface area (Å²) in [5.41, 5.74) is 0. The van der Waals surface area contributed by atoms with E-state index in [1.807, 2.05) is 0 Å². The molecule has 1 atom stereocenters. The number of amides is 2.